The van der Waals surface area contributed by atoms with Gasteiger partial charge in [0.05, 0.1) is 4.90 Å². The predicted molar refractivity (Wildman–Crippen MR) is 93.3 cm³/mol. The van der Waals surface area contributed by atoms with Crippen molar-refractivity contribution in [3.8, 4) is 0 Å². The lowest BCUT2D eigenvalue weighted by Gasteiger charge is -2.17. The lowest BCUT2D eigenvalue weighted by atomic mass is 10.1. The van der Waals surface area contributed by atoms with Crippen LogP contribution in [-0.4, -0.2) is 38.8 Å². The molecule has 0 saturated carbocycles. The molecule has 1 unspecified atom stereocenters. The van der Waals surface area contributed by atoms with Gasteiger partial charge in [-0.05, 0) is 25.5 Å². The largest absolute Gasteiger partial charge is 0.351 e. The van der Waals surface area contributed by atoms with Gasteiger partial charge in [0.2, 0.25) is 5.91 Å². The Morgan fingerprint density at radius 2 is 2.08 bits per heavy atom. The SMILES string of the molecule is CCCCC(N=C1NS(=O)(=O)c2ccccc21)C(=O)N[C@@H](C)CN. The fourth-order valence-electron chi connectivity index (χ4n) is 2.44. The minimum Gasteiger partial charge on any atom is -0.351 e. The minimum atomic E-state index is -3.61. The Morgan fingerprint density at radius 3 is 2.75 bits per heavy atom. The van der Waals surface area contributed by atoms with Gasteiger partial charge in [0, 0.05) is 18.2 Å². The molecule has 1 aromatic carbocycles. The van der Waals surface area contributed by atoms with Crippen LogP contribution in [0.3, 0.4) is 0 Å². The lowest BCUT2D eigenvalue weighted by molar-refractivity contribution is -0.123. The molecular weight excluding hydrogens is 328 g/mol. The zero-order valence-corrected chi connectivity index (χ0v) is 14.8. The Morgan fingerprint density at radius 1 is 1.38 bits per heavy atom. The number of hydrogen-bond donors (Lipinski definition) is 3. The van der Waals surface area contributed by atoms with Gasteiger partial charge in [-0.25, -0.2) is 8.42 Å². The van der Waals surface area contributed by atoms with E-state index in [2.05, 4.69) is 15.0 Å². The average Bonchev–Trinajstić information content (AvgIpc) is 2.82. The van der Waals surface area contributed by atoms with Crippen LogP contribution in [-0.2, 0) is 14.8 Å². The van der Waals surface area contributed by atoms with Crippen molar-refractivity contribution >= 4 is 21.8 Å². The molecule has 1 amide bonds. The summed E-state index contributed by atoms with van der Waals surface area (Å²) in [6, 6.07) is 5.80. The Labute approximate surface area is 142 Å². The molecule has 24 heavy (non-hydrogen) atoms. The predicted octanol–water partition coefficient (Wildman–Crippen LogP) is 0.747. The van der Waals surface area contributed by atoms with Gasteiger partial charge in [0.15, 0.2) is 0 Å². The number of rotatable bonds is 7. The average molecular weight is 352 g/mol. The number of nitrogens with two attached hydrogens (primary N) is 1. The van der Waals surface area contributed by atoms with Gasteiger partial charge in [-0.1, -0.05) is 31.9 Å². The third-order valence-electron chi connectivity index (χ3n) is 3.82. The number of hydrogen-bond acceptors (Lipinski definition) is 5. The maximum Gasteiger partial charge on any atom is 0.263 e. The molecular formula is C16H24N4O3S. The van der Waals surface area contributed by atoms with E-state index in [-0.39, 0.29) is 22.7 Å². The van der Waals surface area contributed by atoms with Crippen molar-refractivity contribution in [3.05, 3.63) is 29.8 Å². The summed E-state index contributed by atoms with van der Waals surface area (Å²) in [6.45, 7) is 4.17. The number of carbonyl (C=O) groups is 1. The molecule has 8 heteroatoms. The second-order valence-electron chi connectivity index (χ2n) is 5.88. The first kappa shape index (κ1) is 18.4. The second kappa shape index (κ2) is 7.76. The third-order valence-corrected chi connectivity index (χ3v) is 5.22. The molecule has 0 bridgehead atoms. The molecule has 0 saturated heterocycles. The van der Waals surface area contributed by atoms with Crippen LogP contribution in [0.2, 0.25) is 0 Å². The number of fused-ring (bicyclic) bond motifs is 1. The molecule has 2 atom stereocenters. The normalized spacial score (nSPS) is 19.4. The maximum atomic E-state index is 12.4. The van der Waals surface area contributed by atoms with Crippen LogP contribution in [0.25, 0.3) is 0 Å². The maximum absolute atomic E-state index is 12.4. The van der Waals surface area contributed by atoms with E-state index in [1.54, 1.807) is 18.2 Å². The van der Waals surface area contributed by atoms with Gasteiger partial charge in [0.1, 0.15) is 11.9 Å². The fourth-order valence-corrected chi connectivity index (χ4v) is 3.67. The molecule has 132 valence electrons. The highest BCUT2D eigenvalue weighted by Gasteiger charge is 2.31. The van der Waals surface area contributed by atoms with Gasteiger partial charge in [-0.3, -0.25) is 14.5 Å². The van der Waals surface area contributed by atoms with E-state index in [4.69, 9.17) is 5.73 Å². The van der Waals surface area contributed by atoms with Crippen molar-refractivity contribution in [2.45, 2.75) is 50.1 Å². The molecule has 1 aliphatic rings. The van der Waals surface area contributed by atoms with E-state index >= 15 is 0 Å². The zero-order chi connectivity index (χ0) is 17.7. The van der Waals surface area contributed by atoms with Crippen molar-refractivity contribution < 1.29 is 13.2 Å². The van der Waals surface area contributed by atoms with E-state index in [9.17, 15) is 13.2 Å². The Hall–Kier alpha value is -1.93. The third kappa shape index (κ3) is 4.12. The van der Waals surface area contributed by atoms with Crippen LogP contribution in [0, 0.1) is 0 Å². The molecule has 0 fully saturated rings. The number of aliphatic imine (C=N–C) groups is 1. The summed E-state index contributed by atoms with van der Waals surface area (Å²) in [7, 11) is -3.61. The quantitative estimate of drug-likeness (QED) is 0.672. The summed E-state index contributed by atoms with van der Waals surface area (Å²) in [4.78, 5) is 17.0. The molecule has 0 spiro atoms. The van der Waals surface area contributed by atoms with Crippen molar-refractivity contribution in [2.24, 2.45) is 10.7 Å². The highest BCUT2D eigenvalue weighted by Crippen LogP contribution is 2.23. The fraction of sp³-hybridized carbons (Fsp3) is 0.500. The molecule has 1 aromatic rings. The topological polar surface area (TPSA) is 114 Å². The Bertz CT molecular complexity index is 731. The first-order chi connectivity index (χ1) is 11.4. The van der Waals surface area contributed by atoms with Crippen LogP contribution < -0.4 is 15.8 Å². The highest BCUT2D eigenvalue weighted by atomic mass is 32.2. The molecule has 1 aliphatic heterocycles. The molecule has 7 nitrogen and oxygen atoms in total. The Kier molecular flexibility index (Phi) is 5.95. The molecule has 4 N–H and O–H groups in total. The zero-order valence-electron chi connectivity index (χ0n) is 14.0. The summed E-state index contributed by atoms with van der Waals surface area (Å²) in [5, 5.41) is 2.81. The number of amides is 1. The van der Waals surface area contributed by atoms with E-state index < -0.39 is 16.1 Å². The van der Waals surface area contributed by atoms with Crippen molar-refractivity contribution in [2.75, 3.05) is 6.54 Å². The minimum absolute atomic E-state index is 0.158. The number of nitrogens with one attached hydrogen (secondary N) is 2. The van der Waals surface area contributed by atoms with Gasteiger partial charge in [-0.2, -0.15) is 0 Å². The van der Waals surface area contributed by atoms with Crippen LogP contribution in [0.1, 0.15) is 38.7 Å². The molecule has 0 aliphatic carbocycles. The van der Waals surface area contributed by atoms with Crippen LogP contribution in [0.15, 0.2) is 34.2 Å². The molecule has 0 aromatic heterocycles. The number of amidine groups is 1. The van der Waals surface area contributed by atoms with Crippen LogP contribution in [0.4, 0.5) is 0 Å². The van der Waals surface area contributed by atoms with Gasteiger partial charge in [0.25, 0.3) is 10.0 Å². The van der Waals surface area contributed by atoms with Crippen molar-refractivity contribution in [1.29, 1.82) is 0 Å². The summed E-state index contributed by atoms with van der Waals surface area (Å²) in [5.41, 5.74) is 6.04. The molecule has 2 rings (SSSR count). The highest BCUT2D eigenvalue weighted by molar-refractivity contribution is 7.90. The number of sulfonamides is 1. The first-order valence-electron chi connectivity index (χ1n) is 8.09. The second-order valence-corrected chi connectivity index (χ2v) is 7.53. The van der Waals surface area contributed by atoms with E-state index in [0.717, 1.165) is 12.8 Å². The smallest absolute Gasteiger partial charge is 0.263 e. The van der Waals surface area contributed by atoms with Gasteiger partial charge >= 0.3 is 0 Å². The standard InChI is InChI=1S/C16H24N4O3S/c1-3-4-8-13(16(21)18-11(2)10-17)19-15-12-7-5-6-9-14(12)24(22,23)20-15/h5-7,9,11,13H,3-4,8,10,17H2,1-2H3,(H,18,21)(H,19,20)/t11-,13?/m0/s1. The summed E-state index contributed by atoms with van der Waals surface area (Å²) in [6.07, 6.45) is 2.29. The number of unbranched alkanes of at least 4 members (excludes halogenated alkanes) is 1. The van der Waals surface area contributed by atoms with E-state index in [1.165, 1.54) is 6.07 Å². The number of nitrogens with zero attached hydrogens (tertiary/aromatic N) is 1. The van der Waals surface area contributed by atoms with Gasteiger partial charge < -0.3 is 11.1 Å². The van der Waals surface area contributed by atoms with Crippen LogP contribution >= 0.6 is 0 Å². The first-order valence-corrected chi connectivity index (χ1v) is 9.57. The Balaban J connectivity index is 2.31. The van der Waals surface area contributed by atoms with Crippen molar-refractivity contribution in [1.82, 2.24) is 10.0 Å². The van der Waals surface area contributed by atoms with Crippen molar-refractivity contribution in [3.63, 3.8) is 0 Å². The molecule has 0 radical (unpaired) electrons. The molecule has 1 heterocycles. The van der Waals surface area contributed by atoms with Gasteiger partial charge in [-0.15, -0.1) is 0 Å². The summed E-state index contributed by atoms with van der Waals surface area (Å²) >= 11 is 0. The monoisotopic (exact) mass is 352 g/mol. The van der Waals surface area contributed by atoms with E-state index in [0.29, 0.717) is 18.5 Å². The summed E-state index contributed by atoms with van der Waals surface area (Å²) in [5.74, 6) is -0.0141. The summed E-state index contributed by atoms with van der Waals surface area (Å²) < 4.78 is 26.7. The van der Waals surface area contributed by atoms with Crippen LogP contribution in [0.5, 0.6) is 0 Å². The lowest BCUT2D eigenvalue weighted by Crippen LogP contribution is -2.43. The number of benzene rings is 1. The number of carbonyl (C=O) groups excluding carboxylic acids is 1. The van der Waals surface area contributed by atoms with E-state index in [1.807, 2.05) is 13.8 Å².